The molecule has 1 fully saturated rings. The normalized spacial score (nSPS) is 17.3. The Balaban J connectivity index is 1.64. The molecule has 0 atom stereocenters. The molecule has 0 spiro atoms. The molecule has 2 aromatic carbocycles. The lowest BCUT2D eigenvalue weighted by molar-refractivity contribution is 0.122. The standard InChI is InChI=1S/C26H24N6OS/c1-2-13-31-23(20-9-5-3-6-10-20)19-34-25(31)22(18-27)24-28-29-26(30-14-16-33-17-15-30)32(24)21-11-7-4-8-12-21/h2-12,19H,1,13-17H2/b25-22-. The second-order valence-electron chi connectivity index (χ2n) is 7.77. The molecule has 3 aromatic rings. The Morgan fingerprint density at radius 3 is 2.44 bits per heavy atom. The van der Waals surface area contributed by atoms with E-state index in [-0.39, 0.29) is 0 Å². The van der Waals surface area contributed by atoms with Gasteiger partial charge in [0.1, 0.15) is 16.7 Å². The first-order valence-corrected chi connectivity index (χ1v) is 12.0. The van der Waals surface area contributed by atoms with Gasteiger partial charge in [-0.1, -0.05) is 66.4 Å². The number of aromatic nitrogens is 3. The van der Waals surface area contributed by atoms with Crippen molar-refractivity contribution in [3.8, 4) is 11.8 Å². The first kappa shape index (κ1) is 22.0. The van der Waals surface area contributed by atoms with E-state index in [1.165, 1.54) is 11.8 Å². The summed E-state index contributed by atoms with van der Waals surface area (Å²) in [6.45, 7) is 7.23. The molecule has 0 radical (unpaired) electrons. The molecule has 0 saturated carbocycles. The monoisotopic (exact) mass is 468 g/mol. The third-order valence-corrected chi connectivity index (χ3v) is 6.69. The fourth-order valence-corrected chi connectivity index (χ4v) is 5.14. The average Bonchev–Trinajstić information content (AvgIpc) is 3.52. The van der Waals surface area contributed by atoms with E-state index in [2.05, 4.69) is 50.2 Å². The highest BCUT2D eigenvalue weighted by Crippen LogP contribution is 2.43. The summed E-state index contributed by atoms with van der Waals surface area (Å²) in [7, 11) is 0. The van der Waals surface area contributed by atoms with Crippen molar-refractivity contribution in [2.75, 3.05) is 37.7 Å². The topological polar surface area (TPSA) is 70.2 Å². The number of hydrogen-bond donors (Lipinski definition) is 0. The summed E-state index contributed by atoms with van der Waals surface area (Å²) in [5, 5.41) is 22.3. The summed E-state index contributed by atoms with van der Waals surface area (Å²) in [4.78, 5) is 4.27. The predicted octanol–water partition coefficient (Wildman–Crippen LogP) is 4.53. The third kappa shape index (κ3) is 4.12. The lowest BCUT2D eigenvalue weighted by Gasteiger charge is -2.28. The van der Waals surface area contributed by atoms with Crippen molar-refractivity contribution in [1.29, 1.82) is 5.26 Å². The van der Waals surface area contributed by atoms with Gasteiger partial charge in [-0.25, -0.2) is 0 Å². The Morgan fingerprint density at radius 2 is 1.76 bits per heavy atom. The molecular formula is C26H24N6OS. The van der Waals surface area contributed by atoms with Gasteiger partial charge in [0.15, 0.2) is 5.82 Å². The molecule has 1 saturated heterocycles. The first-order chi connectivity index (χ1) is 16.8. The van der Waals surface area contributed by atoms with Crippen LogP contribution in [0.4, 0.5) is 5.95 Å². The minimum absolute atomic E-state index is 0.477. The Hall–Kier alpha value is -3.80. The summed E-state index contributed by atoms with van der Waals surface area (Å²) in [5.74, 6) is 1.24. The number of para-hydroxylation sites is 1. The van der Waals surface area contributed by atoms with E-state index in [4.69, 9.17) is 4.74 Å². The minimum Gasteiger partial charge on any atom is -0.378 e. The van der Waals surface area contributed by atoms with Crippen LogP contribution >= 0.6 is 11.8 Å². The number of nitriles is 1. The highest BCUT2D eigenvalue weighted by atomic mass is 32.2. The number of anilines is 1. The molecule has 1 aromatic heterocycles. The maximum absolute atomic E-state index is 10.4. The number of nitrogens with zero attached hydrogens (tertiary/aromatic N) is 6. The van der Waals surface area contributed by atoms with Gasteiger partial charge in [-0.05, 0) is 17.7 Å². The van der Waals surface area contributed by atoms with Crippen LogP contribution in [0.3, 0.4) is 0 Å². The van der Waals surface area contributed by atoms with Crippen LogP contribution in [-0.2, 0) is 4.74 Å². The van der Waals surface area contributed by atoms with Crippen molar-refractivity contribution in [2.45, 2.75) is 0 Å². The van der Waals surface area contributed by atoms with Gasteiger partial charge in [-0.2, -0.15) is 5.26 Å². The smallest absolute Gasteiger partial charge is 0.232 e. The molecule has 2 aliphatic heterocycles. The molecule has 170 valence electrons. The van der Waals surface area contributed by atoms with E-state index in [1.54, 1.807) is 0 Å². The number of allylic oxidation sites excluding steroid dienone is 1. The number of rotatable bonds is 6. The SMILES string of the molecule is C=CCN1C(c2ccccc2)=CS/C1=C(/C#N)c1nnc(N2CCOCC2)n1-c1ccccc1. The number of morpholine rings is 1. The maximum Gasteiger partial charge on any atom is 0.232 e. The van der Waals surface area contributed by atoms with Crippen molar-refractivity contribution >= 4 is 29.0 Å². The highest BCUT2D eigenvalue weighted by molar-refractivity contribution is 8.06. The van der Waals surface area contributed by atoms with Gasteiger partial charge in [0.05, 0.1) is 24.6 Å². The van der Waals surface area contributed by atoms with E-state index in [1.807, 2.05) is 59.2 Å². The molecule has 8 heteroatoms. The Labute approximate surface area is 203 Å². The molecule has 0 aliphatic carbocycles. The fourth-order valence-electron chi connectivity index (χ4n) is 4.10. The van der Waals surface area contributed by atoms with Gasteiger partial charge >= 0.3 is 0 Å². The summed E-state index contributed by atoms with van der Waals surface area (Å²) in [6.07, 6.45) is 1.85. The molecule has 0 unspecified atom stereocenters. The van der Waals surface area contributed by atoms with Crippen molar-refractivity contribution in [3.63, 3.8) is 0 Å². The van der Waals surface area contributed by atoms with Gasteiger partial charge in [0, 0.05) is 25.0 Å². The molecule has 7 nitrogen and oxygen atoms in total. The zero-order chi connectivity index (χ0) is 23.3. The quantitative estimate of drug-likeness (QED) is 0.389. The Morgan fingerprint density at radius 1 is 1.06 bits per heavy atom. The molecule has 34 heavy (non-hydrogen) atoms. The zero-order valence-electron chi connectivity index (χ0n) is 18.7. The molecule has 3 heterocycles. The van der Waals surface area contributed by atoms with Crippen molar-refractivity contribution in [3.05, 3.63) is 95.1 Å². The van der Waals surface area contributed by atoms with Crippen LogP contribution < -0.4 is 4.90 Å². The van der Waals surface area contributed by atoms with E-state index in [9.17, 15) is 5.26 Å². The zero-order valence-corrected chi connectivity index (χ0v) is 19.5. The second kappa shape index (κ2) is 10.00. The third-order valence-electron chi connectivity index (χ3n) is 5.70. The summed E-state index contributed by atoms with van der Waals surface area (Å²) < 4.78 is 7.51. The average molecular weight is 469 g/mol. The second-order valence-corrected chi connectivity index (χ2v) is 8.63. The predicted molar refractivity (Wildman–Crippen MR) is 136 cm³/mol. The number of thioether (sulfide) groups is 1. The Kier molecular flexibility index (Phi) is 6.47. The van der Waals surface area contributed by atoms with Crippen molar-refractivity contribution < 1.29 is 4.74 Å². The summed E-state index contributed by atoms with van der Waals surface area (Å²) in [6, 6.07) is 22.5. The number of ether oxygens (including phenoxy) is 1. The minimum atomic E-state index is 0.477. The van der Waals surface area contributed by atoms with Crippen LogP contribution in [0.25, 0.3) is 17.0 Å². The van der Waals surface area contributed by atoms with Crippen LogP contribution in [0.15, 0.2) is 83.8 Å². The highest BCUT2D eigenvalue weighted by Gasteiger charge is 2.30. The molecular weight excluding hydrogens is 444 g/mol. The van der Waals surface area contributed by atoms with E-state index >= 15 is 0 Å². The van der Waals surface area contributed by atoms with Crippen molar-refractivity contribution in [1.82, 2.24) is 19.7 Å². The lowest BCUT2D eigenvalue weighted by atomic mass is 10.1. The first-order valence-electron chi connectivity index (χ1n) is 11.1. The summed E-state index contributed by atoms with van der Waals surface area (Å²) in [5.41, 5.74) is 3.51. The van der Waals surface area contributed by atoms with Crippen LogP contribution in [0.2, 0.25) is 0 Å². The summed E-state index contributed by atoms with van der Waals surface area (Å²) >= 11 is 1.53. The molecule has 0 N–H and O–H groups in total. The fraction of sp³-hybridized carbons (Fsp3) is 0.192. The molecule has 0 bridgehead atoms. The molecule has 0 amide bonds. The Bertz CT molecular complexity index is 1270. The van der Waals surface area contributed by atoms with Gasteiger partial charge in [0.2, 0.25) is 5.95 Å². The van der Waals surface area contributed by atoms with E-state index in [0.717, 1.165) is 35.1 Å². The molecule has 2 aliphatic rings. The largest absolute Gasteiger partial charge is 0.378 e. The number of benzene rings is 2. The van der Waals surface area contributed by atoms with Gasteiger partial charge in [-0.3, -0.25) is 4.57 Å². The van der Waals surface area contributed by atoms with Gasteiger partial charge in [-0.15, -0.1) is 16.8 Å². The van der Waals surface area contributed by atoms with Crippen LogP contribution in [0.1, 0.15) is 11.4 Å². The number of hydrogen-bond acceptors (Lipinski definition) is 7. The van der Waals surface area contributed by atoms with Crippen molar-refractivity contribution in [2.24, 2.45) is 0 Å². The van der Waals surface area contributed by atoms with E-state index in [0.29, 0.717) is 37.1 Å². The van der Waals surface area contributed by atoms with E-state index < -0.39 is 0 Å². The maximum atomic E-state index is 10.4. The van der Waals surface area contributed by atoms with Gasteiger partial charge in [0.25, 0.3) is 0 Å². The lowest BCUT2D eigenvalue weighted by Crippen LogP contribution is -2.38. The van der Waals surface area contributed by atoms with Crippen LogP contribution in [0.5, 0.6) is 0 Å². The van der Waals surface area contributed by atoms with Crippen LogP contribution in [0, 0.1) is 11.3 Å². The molecule has 5 rings (SSSR count). The van der Waals surface area contributed by atoms with Gasteiger partial charge < -0.3 is 14.5 Å². The van der Waals surface area contributed by atoms with Crippen LogP contribution in [-0.4, -0.2) is 52.5 Å².